The van der Waals surface area contributed by atoms with Gasteiger partial charge in [0.25, 0.3) is 0 Å². The minimum absolute atomic E-state index is 0.506. The highest BCUT2D eigenvalue weighted by Gasteiger charge is 2.10. The van der Waals surface area contributed by atoms with Crippen LogP contribution in [0.5, 0.6) is 0 Å². The van der Waals surface area contributed by atoms with E-state index in [1.807, 2.05) is 20.8 Å². The van der Waals surface area contributed by atoms with E-state index in [2.05, 4.69) is 35.1 Å². The average Bonchev–Trinajstić information content (AvgIpc) is 2.26. The third-order valence-corrected chi connectivity index (χ3v) is 3.91. The Balaban J connectivity index is 2.42. The Morgan fingerprint density at radius 3 is 2.32 bits per heavy atom. The van der Waals surface area contributed by atoms with Gasteiger partial charge in [0.1, 0.15) is 5.03 Å². The fraction of sp³-hybridized carbons (Fsp3) is 0.333. The average molecular weight is 273 g/mol. The highest BCUT2D eigenvalue weighted by molar-refractivity contribution is 7.99. The Bertz CT molecular complexity index is 588. The van der Waals surface area contributed by atoms with Gasteiger partial charge in [-0.2, -0.15) is 0 Å². The zero-order valence-electron chi connectivity index (χ0n) is 11.8. The Kier molecular flexibility index (Phi) is 4.22. The first-order chi connectivity index (χ1) is 8.99. The SMILES string of the molecule is Cc1cc(C)nc(Sc2cc(C)nc(C)c2CN)c1. The largest absolute Gasteiger partial charge is 0.326 e. The molecule has 0 radical (unpaired) electrons. The van der Waals surface area contributed by atoms with Crippen molar-refractivity contribution in [2.24, 2.45) is 5.73 Å². The van der Waals surface area contributed by atoms with Crippen molar-refractivity contribution in [3.05, 3.63) is 46.4 Å². The molecule has 2 aromatic rings. The van der Waals surface area contributed by atoms with Gasteiger partial charge in [0, 0.05) is 34.1 Å². The van der Waals surface area contributed by atoms with Crippen LogP contribution in [0, 0.1) is 27.7 Å². The molecular weight excluding hydrogens is 254 g/mol. The Morgan fingerprint density at radius 1 is 1.00 bits per heavy atom. The van der Waals surface area contributed by atoms with E-state index in [4.69, 9.17) is 5.73 Å². The fourth-order valence-corrected chi connectivity index (χ4v) is 3.37. The number of pyridine rings is 2. The van der Waals surface area contributed by atoms with Crippen LogP contribution in [0.15, 0.2) is 28.1 Å². The van der Waals surface area contributed by atoms with E-state index >= 15 is 0 Å². The maximum absolute atomic E-state index is 5.84. The molecule has 0 aliphatic rings. The number of hydrogen-bond donors (Lipinski definition) is 1. The van der Waals surface area contributed by atoms with E-state index in [0.717, 1.165) is 32.6 Å². The maximum Gasteiger partial charge on any atom is 0.101 e. The molecule has 0 saturated heterocycles. The van der Waals surface area contributed by atoms with Crippen LogP contribution >= 0.6 is 11.8 Å². The molecule has 2 N–H and O–H groups in total. The van der Waals surface area contributed by atoms with E-state index in [-0.39, 0.29) is 0 Å². The number of nitrogens with two attached hydrogens (primary N) is 1. The normalized spacial score (nSPS) is 10.8. The molecule has 0 aliphatic carbocycles. The van der Waals surface area contributed by atoms with Crippen molar-refractivity contribution >= 4 is 11.8 Å². The van der Waals surface area contributed by atoms with Crippen molar-refractivity contribution in [2.75, 3.05) is 0 Å². The van der Waals surface area contributed by atoms with E-state index in [1.54, 1.807) is 11.8 Å². The molecule has 3 nitrogen and oxygen atoms in total. The molecule has 0 saturated carbocycles. The minimum atomic E-state index is 0.506. The molecule has 0 unspecified atom stereocenters. The standard InChI is InChI=1S/C15H19N3S/c1-9-5-10(2)18-15(6-9)19-14-7-11(3)17-12(4)13(14)8-16/h5-7H,8,16H2,1-4H3. The summed E-state index contributed by atoms with van der Waals surface area (Å²) < 4.78 is 0. The molecule has 0 amide bonds. The van der Waals surface area contributed by atoms with Crippen LogP contribution in [0.3, 0.4) is 0 Å². The van der Waals surface area contributed by atoms with E-state index in [1.165, 1.54) is 5.56 Å². The summed E-state index contributed by atoms with van der Waals surface area (Å²) in [5, 5.41) is 1.01. The van der Waals surface area contributed by atoms with Crippen molar-refractivity contribution in [3.63, 3.8) is 0 Å². The molecule has 2 aromatic heterocycles. The summed E-state index contributed by atoms with van der Waals surface area (Å²) in [5.74, 6) is 0. The van der Waals surface area contributed by atoms with E-state index in [0.29, 0.717) is 6.54 Å². The summed E-state index contributed by atoms with van der Waals surface area (Å²) in [5.41, 5.74) is 11.2. The molecule has 4 heteroatoms. The van der Waals surface area contributed by atoms with Gasteiger partial charge < -0.3 is 5.73 Å². The number of nitrogens with zero attached hydrogens (tertiary/aromatic N) is 2. The fourth-order valence-electron chi connectivity index (χ4n) is 2.13. The van der Waals surface area contributed by atoms with Gasteiger partial charge in [-0.3, -0.25) is 4.98 Å². The number of rotatable bonds is 3. The van der Waals surface area contributed by atoms with Crippen LogP contribution < -0.4 is 5.73 Å². The van der Waals surface area contributed by atoms with Gasteiger partial charge in [0.05, 0.1) is 0 Å². The molecule has 0 spiro atoms. The maximum atomic E-state index is 5.84. The van der Waals surface area contributed by atoms with Gasteiger partial charge in [-0.05, 0) is 51.5 Å². The first-order valence-electron chi connectivity index (χ1n) is 6.30. The summed E-state index contributed by atoms with van der Waals surface area (Å²) in [7, 11) is 0. The van der Waals surface area contributed by atoms with Crippen LogP contribution in [0.4, 0.5) is 0 Å². The zero-order valence-corrected chi connectivity index (χ0v) is 12.6. The molecule has 19 heavy (non-hydrogen) atoms. The van der Waals surface area contributed by atoms with Crippen molar-refractivity contribution < 1.29 is 0 Å². The molecule has 0 fully saturated rings. The van der Waals surface area contributed by atoms with Gasteiger partial charge in [0.15, 0.2) is 0 Å². The molecular formula is C15H19N3S. The van der Waals surface area contributed by atoms with Gasteiger partial charge >= 0.3 is 0 Å². The van der Waals surface area contributed by atoms with Gasteiger partial charge in [0.2, 0.25) is 0 Å². The minimum Gasteiger partial charge on any atom is -0.326 e. The first-order valence-corrected chi connectivity index (χ1v) is 7.11. The van der Waals surface area contributed by atoms with Crippen molar-refractivity contribution in [3.8, 4) is 0 Å². The van der Waals surface area contributed by atoms with E-state index < -0.39 is 0 Å². The lowest BCUT2D eigenvalue weighted by molar-refractivity contribution is 0.942. The molecule has 0 bridgehead atoms. The van der Waals surface area contributed by atoms with Crippen molar-refractivity contribution in [1.29, 1.82) is 0 Å². The zero-order chi connectivity index (χ0) is 14.0. The van der Waals surface area contributed by atoms with Crippen LogP contribution in [0.2, 0.25) is 0 Å². The highest BCUT2D eigenvalue weighted by atomic mass is 32.2. The van der Waals surface area contributed by atoms with Crippen LogP contribution in [0.1, 0.15) is 28.2 Å². The van der Waals surface area contributed by atoms with Gasteiger partial charge in [-0.15, -0.1) is 0 Å². The monoisotopic (exact) mass is 273 g/mol. The second kappa shape index (κ2) is 5.72. The summed E-state index contributed by atoms with van der Waals surface area (Å²) >= 11 is 1.66. The van der Waals surface area contributed by atoms with Crippen LogP contribution in [-0.2, 0) is 6.54 Å². The Labute approximate surface area is 118 Å². The lowest BCUT2D eigenvalue weighted by Crippen LogP contribution is -2.04. The van der Waals surface area contributed by atoms with Gasteiger partial charge in [-0.25, -0.2) is 4.98 Å². The van der Waals surface area contributed by atoms with Crippen molar-refractivity contribution in [2.45, 2.75) is 44.2 Å². The van der Waals surface area contributed by atoms with Crippen LogP contribution in [0.25, 0.3) is 0 Å². The smallest absolute Gasteiger partial charge is 0.101 e. The second-order valence-electron chi connectivity index (χ2n) is 4.76. The Hall–Kier alpha value is -1.39. The number of aromatic nitrogens is 2. The quantitative estimate of drug-likeness (QED) is 0.932. The third kappa shape index (κ3) is 3.33. The summed E-state index contributed by atoms with van der Waals surface area (Å²) in [6, 6.07) is 6.26. The lowest BCUT2D eigenvalue weighted by Gasteiger charge is -2.11. The molecule has 2 rings (SSSR count). The number of aryl methyl sites for hydroxylation is 4. The summed E-state index contributed by atoms with van der Waals surface area (Å²) in [6.45, 7) is 8.63. The Morgan fingerprint density at radius 2 is 1.68 bits per heavy atom. The predicted molar refractivity (Wildman–Crippen MR) is 79.4 cm³/mol. The third-order valence-electron chi connectivity index (χ3n) is 2.91. The predicted octanol–water partition coefficient (Wildman–Crippen LogP) is 3.32. The second-order valence-corrected chi connectivity index (χ2v) is 5.82. The summed E-state index contributed by atoms with van der Waals surface area (Å²) in [4.78, 5) is 10.2. The molecule has 0 aliphatic heterocycles. The number of hydrogen-bond acceptors (Lipinski definition) is 4. The summed E-state index contributed by atoms with van der Waals surface area (Å²) in [6.07, 6.45) is 0. The van der Waals surface area contributed by atoms with E-state index in [9.17, 15) is 0 Å². The van der Waals surface area contributed by atoms with Gasteiger partial charge in [-0.1, -0.05) is 11.8 Å². The molecule has 100 valence electrons. The van der Waals surface area contributed by atoms with Crippen LogP contribution in [-0.4, -0.2) is 9.97 Å². The topological polar surface area (TPSA) is 51.8 Å². The first kappa shape index (κ1) is 14.0. The highest BCUT2D eigenvalue weighted by Crippen LogP contribution is 2.31. The lowest BCUT2D eigenvalue weighted by atomic mass is 10.2. The molecule has 2 heterocycles. The molecule has 0 atom stereocenters. The van der Waals surface area contributed by atoms with Crippen molar-refractivity contribution in [1.82, 2.24) is 9.97 Å². The molecule has 0 aromatic carbocycles.